The van der Waals surface area contributed by atoms with Crippen LogP contribution in [0.3, 0.4) is 0 Å². The molecule has 3 atom stereocenters. The van der Waals surface area contributed by atoms with E-state index in [1.54, 1.807) is 0 Å². The average molecular weight is 173 g/mol. The molecule has 0 aromatic carbocycles. The lowest BCUT2D eigenvalue weighted by Gasteiger charge is -2.35. The van der Waals surface area contributed by atoms with Gasteiger partial charge in [-0.15, -0.1) is 0 Å². The largest absolute Gasteiger partial charge is 0.481 e. The quantitative estimate of drug-likeness (QED) is 0.534. The van der Waals surface area contributed by atoms with Gasteiger partial charge in [-0.2, -0.15) is 0 Å². The van der Waals surface area contributed by atoms with Gasteiger partial charge < -0.3 is 15.9 Å². The summed E-state index contributed by atoms with van der Waals surface area (Å²) in [4.78, 5) is 20.9. The Morgan fingerprint density at radius 2 is 1.92 bits per heavy atom. The van der Waals surface area contributed by atoms with Crippen molar-refractivity contribution in [3.63, 3.8) is 0 Å². The van der Waals surface area contributed by atoms with Crippen molar-refractivity contribution in [2.45, 2.75) is 18.9 Å². The van der Waals surface area contributed by atoms with E-state index in [4.69, 9.17) is 15.9 Å². The van der Waals surface area contributed by atoms with Gasteiger partial charge in [-0.1, -0.05) is 0 Å². The molecule has 0 aromatic heterocycles. The number of carbonyl (C=O) groups is 2. The minimum absolute atomic E-state index is 0.389. The van der Waals surface area contributed by atoms with Gasteiger partial charge in [-0.3, -0.25) is 9.59 Å². The van der Waals surface area contributed by atoms with E-state index in [2.05, 4.69) is 0 Å². The number of rotatable bonds is 3. The molecule has 1 saturated carbocycles. The van der Waals surface area contributed by atoms with Crippen LogP contribution in [0.5, 0.6) is 0 Å². The molecule has 0 heterocycles. The summed E-state index contributed by atoms with van der Waals surface area (Å²) in [7, 11) is 0. The first kappa shape index (κ1) is 8.99. The van der Waals surface area contributed by atoms with E-state index in [9.17, 15) is 9.59 Å². The zero-order valence-electron chi connectivity index (χ0n) is 6.43. The molecule has 5 nitrogen and oxygen atoms in total. The summed E-state index contributed by atoms with van der Waals surface area (Å²) in [5.74, 6) is -3.01. The predicted molar refractivity (Wildman–Crippen MR) is 39.5 cm³/mol. The summed E-state index contributed by atoms with van der Waals surface area (Å²) in [5, 5.41) is 17.1. The monoisotopic (exact) mass is 173 g/mol. The Morgan fingerprint density at radius 1 is 1.33 bits per heavy atom. The van der Waals surface area contributed by atoms with Gasteiger partial charge in [0.1, 0.15) is 6.04 Å². The normalized spacial score (nSPS) is 30.4. The second-order valence-electron chi connectivity index (χ2n) is 3.05. The molecule has 0 spiro atoms. The maximum Gasteiger partial charge on any atom is 0.320 e. The predicted octanol–water partition coefficient (Wildman–Crippen LogP) is -0.491. The molecule has 0 saturated heterocycles. The van der Waals surface area contributed by atoms with Crippen molar-refractivity contribution < 1.29 is 19.8 Å². The summed E-state index contributed by atoms with van der Waals surface area (Å²) in [6.45, 7) is 0. The standard InChI is InChI=1S/C7H11NO4/c8-5(7(11)12)3-1-2-4(3)6(9)10/h3-5H,1-2,8H2,(H,9,10)(H,11,12)/t3?,4?,5-/m0/s1. The highest BCUT2D eigenvalue weighted by Crippen LogP contribution is 2.36. The summed E-state index contributed by atoms with van der Waals surface area (Å²) in [6, 6.07) is -1.03. The third-order valence-corrected chi connectivity index (χ3v) is 2.39. The molecular weight excluding hydrogens is 162 g/mol. The molecular formula is C7H11NO4. The van der Waals surface area contributed by atoms with E-state index in [-0.39, 0.29) is 5.92 Å². The number of nitrogens with two attached hydrogens (primary N) is 1. The van der Waals surface area contributed by atoms with Crippen molar-refractivity contribution in [1.29, 1.82) is 0 Å². The number of carboxylic acids is 2. The average Bonchev–Trinajstić information content (AvgIpc) is 1.82. The van der Waals surface area contributed by atoms with E-state index < -0.39 is 23.9 Å². The van der Waals surface area contributed by atoms with Gasteiger partial charge in [0.25, 0.3) is 0 Å². The summed E-state index contributed by atoms with van der Waals surface area (Å²) in [6.07, 6.45) is 1.14. The van der Waals surface area contributed by atoms with E-state index in [0.29, 0.717) is 12.8 Å². The molecule has 2 unspecified atom stereocenters. The van der Waals surface area contributed by atoms with Crippen molar-refractivity contribution in [2.24, 2.45) is 17.6 Å². The Hall–Kier alpha value is -1.10. The maximum absolute atomic E-state index is 10.5. The van der Waals surface area contributed by atoms with Crippen molar-refractivity contribution in [2.75, 3.05) is 0 Å². The molecule has 0 aliphatic heterocycles. The molecule has 1 rings (SSSR count). The minimum Gasteiger partial charge on any atom is -0.481 e. The van der Waals surface area contributed by atoms with Crippen LogP contribution in [0.1, 0.15) is 12.8 Å². The van der Waals surface area contributed by atoms with E-state index in [1.807, 2.05) is 0 Å². The third kappa shape index (κ3) is 1.40. The number of carboxylic acid groups (broad SMARTS) is 2. The van der Waals surface area contributed by atoms with Gasteiger partial charge >= 0.3 is 11.9 Å². The lowest BCUT2D eigenvalue weighted by molar-refractivity contribution is -0.151. The van der Waals surface area contributed by atoms with Gasteiger partial charge in [0.15, 0.2) is 0 Å². The SMILES string of the molecule is N[C@H](C(=O)O)C1CCC1C(=O)O. The second-order valence-corrected chi connectivity index (χ2v) is 3.05. The fourth-order valence-corrected chi connectivity index (χ4v) is 1.45. The topological polar surface area (TPSA) is 101 Å². The smallest absolute Gasteiger partial charge is 0.320 e. The molecule has 12 heavy (non-hydrogen) atoms. The van der Waals surface area contributed by atoms with Crippen LogP contribution in [0.25, 0.3) is 0 Å². The molecule has 1 aliphatic rings. The van der Waals surface area contributed by atoms with Crippen molar-refractivity contribution >= 4 is 11.9 Å². The first-order chi connectivity index (χ1) is 5.54. The summed E-state index contributed by atoms with van der Waals surface area (Å²) in [5.41, 5.74) is 5.29. The third-order valence-electron chi connectivity index (χ3n) is 2.39. The zero-order valence-corrected chi connectivity index (χ0v) is 6.43. The number of hydrogen-bond acceptors (Lipinski definition) is 3. The van der Waals surface area contributed by atoms with Crippen molar-refractivity contribution in [3.8, 4) is 0 Å². The highest BCUT2D eigenvalue weighted by atomic mass is 16.4. The fraction of sp³-hybridized carbons (Fsp3) is 0.714. The van der Waals surface area contributed by atoms with Gasteiger partial charge in [0, 0.05) is 0 Å². The molecule has 1 fully saturated rings. The van der Waals surface area contributed by atoms with Crippen LogP contribution in [-0.2, 0) is 9.59 Å². The molecule has 1 aliphatic carbocycles. The lowest BCUT2D eigenvalue weighted by Crippen LogP contribution is -2.48. The Bertz CT molecular complexity index is 199. The summed E-state index contributed by atoms with van der Waals surface area (Å²) < 4.78 is 0. The maximum atomic E-state index is 10.5. The molecule has 0 radical (unpaired) electrons. The van der Waals surface area contributed by atoms with Crippen LogP contribution < -0.4 is 5.73 Å². The Labute approximate surface area is 69.2 Å². The van der Waals surface area contributed by atoms with Gasteiger partial charge in [-0.25, -0.2) is 0 Å². The Balaban J connectivity index is 2.54. The van der Waals surface area contributed by atoms with Crippen molar-refractivity contribution in [3.05, 3.63) is 0 Å². The Kier molecular flexibility index (Phi) is 2.32. The van der Waals surface area contributed by atoms with E-state index >= 15 is 0 Å². The molecule has 68 valence electrons. The minimum atomic E-state index is -1.12. The van der Waals surface area contributed by atoms with Crippen LogP contribution in [-0.4, -0.2) is 28.2 Å². The van der Waals surface area contributed by atoms with Crippen LogP contribution in [0, 0.1) is 11.8 Å². The van der Waals surface area contributed by atoms with Crippen molar-refractivity contribution in [1.82, 2.24) is 0 Å². The molecule has 0 aromatic rings. The Morgan fingerprint density at radius 3 is 2.17 bits per heavy atom. The first-order valence-electron chi connectivity index (χ1n) is 3.75. The second kappa shape index (κ2) is 3.10. The number of aliphatic carboxylic acids is 2. The van der Waals surface area contributed by atoms with Crippen LogP contribution >= 0.6 is 0 Å². The van der Waals surface area contributed by atoms with Gasteiger partial charge in [-0.05, 0) is 18.8 Å². The van der Waals surface area contributed by atoms with Crippen LogP contribution in [0.2, 0.25) is 0 Å². The number of hydrogen-bond donors (Lipinski definition) is 3. The van der Waals surface area contributed by atoms with Crippen LogP contribution in [0.4, 0.5) is 0 Å². The lowest BCUT2D eigenvalue weighted by atomic mass is 9.70. The fourth-order valence-electron chi connectivity index (χ4n) is 1.45. The van der Waals surface area contributed by atoms with E-state index in [1.165, 1.54) is 0 Å². The van der Waals surface area contributed by atoms with E-state index in [0.717, 1.165) is 0 Å². The highest BCUT2D eigenvalue weighted by molar-refractivity contribution is 5.77. The molecule has 4 N–H and O–H groups in total. The highest BCUT2D eigenvalue weighted by Gasteiger charge is 2.42. The first-order valence-corrected chi connectivity index (χ1v) is 3.75. The molecule has 5 heteroatoms. The molecule has 0 amide bonds. The van der Waals surface area contributed by atoms with Gasteiger partial charge in [0.05, 0.1) is 5.92 Å². The van der Waals surface area contributed by atoms with Gasteiger partial charge in [0.2, 0.25) is 0 Å². The molecule has 0 bridgehead atoms. The van der Waals surface area contributed by atoms with Crippen LogP contribution in [0.15, 0.2) is 0 Å². The summed E-state index contributed by atoms with van der Waals surface area (Å²) >= 11 is 0. The zero-order chi connectivity index (χ0) is 9.30.